The van der Waals surface area contributed by atoms with Crippen molar-refractivity contribution in [1.82, 2.24) is 4.37 Å². The number of carbonyl (C=O) groups excluding carboxylic acids is 1. The fraction of sp³-hybridized carbons (Fsp3) is 0.692. The van der Waals surface area contributed by atoms with E-state index in [-0.39, 0.29) is 12.0 Å². The number of carbonyl (C=O) groups is 1. The fourth-order valence-corrected chi connectivity index (χ4v) is 3.06. The van der Waals surface area contributed by atoms with Crippen LogP contribution in [-0.2, 0) is 9.47 Å². The number of nitrogens with zero attached hydrogens (tertiary/aromatic N) is 1. The highest BCUT2D eigenvalue weighted by Gasteiger charge is 2.26. The summed E-state index contributed by atoms with van der Waals surface area (Å²) in [6.07, 6.45) is 1.06. The number of anilines is 1. The third-order valence-electron chi connectivity index (χ3n) is 3.37. The Morgan fingerprint density at radius 3 is 3.11 bits per heavy atom. The van der Waals surface area contributed by atoms with Gasteiger partial charge in [0.15, 0.2) is 0 Å². The molecule has 0 amide bonds. The predicted octanol–water partition coefficient (Wildman–Crippen LogP) is 2.47. The molecule has 1 aromatic heterocycles. The Morgan fingerprint density at radius 2 is 2.47 bits per heavy atom. The number of nitrogens with one attached hydrogen (secondary N) is 1. The van der Waals surface area contributed by atoms with Crippen molar-refractivity contribution in [1.29, 1.82) is 0 Å². The summed E-state index contributed by atoms with van der Waals surface area (Å²) in [5.74, 6) is 0.184. The minimum atomic E-state index is -0.300. The third kappa shape index (κ3) is 3.25. The van der Waals surface area contributed by atoms with Crippen LogP contribution < -0.4 is 5.32 Å². The van der Waals surface area contributed by atoms with Crippen LogP contribution >= 0.6 is 11.5 Å². The molecule has 106 valence electrons. The van der Waals surface area contributed by atoms with Gasteiger partial charge in [0.25, 0.3) is 0 Å². The van der Waals surface area contributed by atoms with E-state index in [1.807, 2.05) is 6.92 Å². The van der Waals surface area contributed by atoms with Gasteiger partial charge in [0, 0.05) is 18.6 Å². The van der Waals surface area contributed by atoms with Gasteiger partial charge in [0.05, 0.1) is 18.9 Å². The van der Waals surface area contributed by atoms with Crippen molar-refractivity contribution in [2.75, 3.05) is 25.1 Å². The molecular formula is C13H20N2O3S. The van der Waals surface area contributed by atoms with Gasteiger partial charge in [-0.3, -0.25) is 0 Å². The molecule has 1 aliphatic heterocycles. The Labute approximate surface area is 117 Å². The molecule has 0 spiro atoms. The summed E-state index contributed by atoms with van der Waals surface area (Å²) >= 11 is 1.31. The van der Waals surface area contributed by atoms with Gasteiger partial charge in [0.2, 0.25) is 0 Å². The highest BCUT2D eigenvalue weighted by atomic mass is 32.1. The maximum Gasteiger partial charge on any atom is 0.343 e. The van der Waals surface area contributed by atoms with Gasteiger partial charge in [-0.1, -0.05) is 0 Å². The molecule has 19 heavy (non-hydrogen) atoms. The van der Waals surface area contributed by atoms with Gasteiger partial charge in [-0.2, -0.15) is 4.37 Å². The molecular weight excluding hydrogens is 264 g/mol. The number of aryl methyl sites for hydroxylation is 1. The number of ether oxygens (including phenoxy) is 2. The van der Waals surface area contributed by atoms with E-state index in [1.165, 1.54) is 11.5 Å². The quantitative estimate of drug-likeness (QED) is 0.842. The summed E-state index contributed by atoms with van der Waals surface area (Å²) in [6, 6.07) is 0.260. The monoisotopic (exact) mass is 284 g/mol. The van der Waals surface area contributed by atoms with Gasteiger partial charge in [0.1, 0.15) is 10.6 Å². The van der Waals surface area contributed by atoms with Gasteiger partial charge < -0.3 is 14.8 Å². The topological polar surface area (TPSA) is 60.5 Å². The fourth-order valence-electron chi connectivity index (χ4n) is 2.18. The first-order valence-corrected chi connectivity index (χ1v) is 7.38. The molecule has 1 saturated heterocycles. The zero-order valence-electron chi connectivity index (χ0n) is 11.6. The van der Waals surface area contributed by atoms with Crippen LogP contribution in [0.4, 0.5) is 5.00 Å². The third-order valence-corrected chi connectivity index (χ3v) is 4.24. The van der Waals surface area contributed by atoms with Crippen LogP contribution in [0.3, 0.4) is 0 Å². The lowest BCUT2D eigenvalue weighted by Crippen LogP contribution is -2.26. The van der Waals surface area contributed by atoms with E-state index in [4.69, 9.17) is 9.47 Å². The van der Waals surface area contributed by atoms with Crippen molar-refractivity contribution in [2.24, 2.45) is 5.92 Å². The summed E-state index contributed by atoms with van der Waals surface area (Å²) in [4.78, 5) is 11.9. The number of rotatable bonds is 5. The molecule has 1 aromatic rings. The number of hydrogen-bond donors (Lipinski definition) is 1. The molecule has 2 atom stereocenters. The molecule has 2 heterocycles. The smallest absolute Gasteiger partial charge is 0.343 e. The maximum atomic E-state index is 11.9. The molecule has 1 aliphatic rings. The first-order chi connectivity index (χ1) is 9.13. The lowest BCUT2D eigenvalue weighted by Gasteiger charge is -2.19. The van der Waals surface area contributed by atoms with Crippen LogP contribution in [0.25, 0.3) is 0 Å². The van der Waals surface area contributed by atoms with E-state index in [2.05, 4.69) is 16.6 Å². The molecule has 0 aliphatic carbocycles. The van der Waals surface area contributed by atoms with Crippen LogP contribution in [0.2, 0.25) is 0 Å². The lowest BCUT2D eigenvalue weighted by molar-refractivity contribution is 0.0527. The van der Waals surface area contributed by atoms with E-state index in [0.29, 0.717) is 18.1 Å². The van der Waals surface area contributed by atoms with Crippen molar-refractivity contribution in [3.63, 3.8) is 0 Å². The molecule has 0 radical (unpaired) electrons. The summed E-state index contributed by atoms with van der Waals surface area (Å²) in [6.45, 7) is 7.72. The first-order valence-electron chi connectivity index (χ1n) is 6.61. The minimum Gasteiger partial charge on any atom is -0.462 e. The van der Waals surface area contributed by atoms with Crippen LogP contribution in [0.5, 0.6) is 0 Å². The zero-order chi connectivity index (χ0) is 13.8. The predicted molar refractivity (Wildman–Crippen MR) is 74.8 cm³/mol. The van der Waals surface area contributed by atoms with Crippen LogP contribution in [-0.4, -0.2) is 36.2 Å². The summed E-state index contributed by atoms with van der Waals surface area (Å²) in [7, 11) is 0. The van der Waals surface area contributed by atoms with Crippen molar-refractivity contribution in [3.05, 3.63) is 11.3 Å². The van der Waals surface area contributed by atoms with Gasteiger partial charge in [-0.15, -0.1) is 0 Å². The highest BCUT2D eigenvalue weighted by Crippen LogP contribution is 2.28. The number of hydrogen-bond acceptors (Lipinski definition) is 6. The Kier molecular flexibility index (Phi) is 4.76. The average Bonchev–Trinajstić information content (AvgIpc) is 2.99. The van der Waals surface area contributed by atoms with Crippen molar-refractivity contribution in [2.45, 2.75) is 33.2 Å². The molecule has 5 nitrogen and oxygen atoms in total. The largest absolute Gasteiger partial charge is 0.462 e. The highest BCUT2D eigenvalue weighted by molar-refractivity contribution is 7.10. The van der Waals surface area contributed by atoms with Crippen LogP contribution in [0, 0.1) is 12.8 Å². The van der Waals surface area contributed by atoms with E-state index < -0.39 is 0 Å². The molecule has 1 N–H and O–H groups in total. The van der Waals surface area contributed by atoms with Crippen molar-refractivity contribution >= 4 is 22.5 Å². The Balaban J connectivity index is 2.09. The Bertz CT molecular complexity index is 441. The van der Waals surface area contributed by atoms with Gasteiger partial charge >= 0.3 is 5.97 Å². The average molecular weight is 284 g/mol. The zero-order valence-corrected chi connectivity index (χ0v) is 12.4. The molecule has 1 fully saturated rings. The number of aromatic nitrogens is 1. The minimum absolute atomic E-state index is 0.260. The molecule has 0 bridgehead atoms. The van der Waals surface area contributed by atoms with E-state index >= 15 is 0 Å². The van der Waals surface area contributed by atoms with E-state index in [1.54, 1.807) is 6.92 Å². The second-order valence-corrected chi connectivity index (χ2v) is 5.52. The maximum absolute atomic E-state index is 11.9. The van der Waals surface area contributed by atoms with Gasteiger partial charge in [-0.25, -0.2) is 4.79 Å². The second-order valence-electron chi connectivity index (χ2n) is 4.75. The molecule has 6 heteroatoms. The van der Waals surface area contributed by atoms with E-state index in [0.717, 1.165) is 30.3 Å². The lowest BCUT2D eigenvalue weighted by atomic mass is 10.0. The summed E-state index contributed by atoms with van der Waals surface area (Å²) in [5.41, 5.74) is 1.29. The van der Waals surface area contributed by atoms with Crippen molar-refractivity contribution in [3.8, 4) is 0 Å². The molecule has 2 unspecified atom stereocenters. The SMILES string of the molecule is CCOC(=O)c1c(C)nsc1NC(C)C1CCOC1. The molecule has 0 saturated carbocycles. The molecule has 0 aromatic carbocycles. The molecule has 2 rings (SSSR count). The van der Waals surface area contributed by atoms with Crippen molar-refractivity contribution < 1.29 is 14.3 Å². The Hall–Kier alpha value is -1.14. The van der Waals surface area contributed by atoms with Gasteiger partial charge in [-0.05, 0) is 38.7 Å². The van der Waals surface area contributed by atoms with E-state index in [9.17, 15) is 4.79 Å². The van der Waals surface area contributed by atoms with Crippen LogP contribution in [0.15, 0.2) is 0 Å². The number of esters is 1. The standard InChI is InChI=1S/C13H20N2O3S/c1-4-18-13(16)11-9(3)15-19-12(11)14-8(2)10-5-6-17-7-10/h8,10,14H,4-7H2,1-3H3. The normalized spacial score (nSPS) is 20.3. The Morgan fingerprint density at radius 1 is 1.68 bits per heavy atom. The first kappa shape index (κ1) is 14.3. The summed E-state index contributed by atoms with van der Waals surface area (Å²) < 4.78 is 14.7. The second kappa shape index (κ2) is 6.34. The van der Waals surface area contributed by atoms with Crippen LogP contribution in [0.1, 0.15) is 36.3 Å². The summed E-state index contributed by atoms with van der Waals surface area (Å²) in [5, 5.41) is 4.19.